The molecule has 0 fully saturated rings. The Bertz CT molecular complexity index is 759. The van der Waals surface area contributed by atoms with Crippen LogP contribution in [-0.4, -0.2) is 46.5 Å². The summed E-state index contributed by atoms with van der Waals surface area (Å²) in [4.78, 5) is 38.3. The van der Waals surface area contributed by atoms with Gasteiger partial charge in [-0.05, 0) is 36.5 Å². The number of benzene rings is 1. The van der Waals surface area contributed by atoms with Crippen LogP contribution in [0.25, 0.3) is 6.08 Å². The third-order valence-electron chi connectivity index (χ3n) is 4.86. The predicted molar refractivity (Wildman–Crippen MR) is 137 cm³/mol. The van der Waals surface area contributed by atoms with E-state index in [4.69, 9.17) is 0 Å². The van der Waals surface area contributed by atoms with Crippen molar-refractivity contribution in [1.82, 2.24) is 15.9 Å². The lowest BCUT2D eigenvalue weighted by Gasteiger charge is -2.30. The maximum atomic E-state index is 13.3. The number of hydrogen-bond acceptors (Lipinski definition) is 5. The van der Waals surface area contributed by atoms with Gasteiger partial charge in [-0.15, -0.1) is 12.4 Å². The average molecular weight is 500 g/mol. The van der Waals surface area contributed by atoms with Gasteiger partial charge >= 0.3 is 0 Å². The number of halogens is 1. The van der Waals surface area contributed by atoms with Crippen LogP contribution in [0.3, 0.4) is 0 Å². The number of thioether (sulfide) groups is 1. The van der Waals surface area contributed by atoms with E-state index in [1.807, 2.05) is 76.4 Å². The largest absolute Gasteiger partial charge is 0.289 e. The molecule has 0 aliphatic carbocycles. The molecule has 1 rings (SSSR count). The number of amides is 3. The van der Waals surface area contributed by atoms with Crippen LogP contribution >= 0.6 is 24.2 Å². The molecule has 0 radical (unpaired) electrons. The van der Waals surface area contributed by atoms with Crippen molar-refractivity contribution in [3.8, 4) is 0 Å². The molecule has 0 saturated carbocycles. The normalized spacial score (nSPS) is 12.8. The molecule has 0 saturated heterocycles. The van der Waals surface area contributed by atoms with E-state index in [0.717, 1.165) is 5.56 Å². The highest BCUT2D eigenvalue weighted by Crippen LogP contribution is 2.25. The van der Waals surface area contributed by atoms with Gasteiger partial charge in [-0.1, -0.05) is 70.2 Å². The zero-order valence-electron chi connectivity index (χ0n) is 20.1. The first kappa shape index (κ1) is 31.0. The van der Waals surface area contributed by atoms with Crippen LogP contribution in [0.1, 0.15) is 46.1 Å². The van der Waals surface area contributed by atoms with Gasteiger partial charge in [0.05, 0.1) is 17.6 Å². The van der Waals surface area contributed by atoms with Crippen LogP contribution in [0, 0.1) is 23.7 Å². The summed E-state index contributed by atoms with van der Waals surface area (Å²) in [6.45, 7) is 8.25. The van der Waals surface area contributed by atoms with E-state index in [-0.39, 0.29) is 42.3 Å². The maximum Gasteiger partial charge on any atom is 0.250 e. The molecule has 0 aliphatic heterocycles. The van der Waals surface area contributed by atoms with Crippen molar-refractivity contribution in [3.63, 3.8) is 0 Å². The molecule has 0 heterocycles. The summed E-state index contributed by atoms with van der Waals surface area (Å²) in [6.07, 6.45) is 6.26. The molecule has 33 heavy (non-hydrogen) atoms. The lowest BCUT2D eigenvalue weighted by molar-refractivity contribution is -0.146. The Morgan fingerprint density at radius 3 is 2.18 bits per heavy atom. The number of nitrogens with zero attached hydrogens (tertiary/aromatic N) is 1. The van der Waals surface area contributed by atoms with Crippen molar-refractivity contribution in [2.45, 2.75) is 40.5 Å². The molecular weight excluding hydrogens is 462 g/mol. The van der Waals surface area contributed by atoms with E-state index in [9.17, 15) is 19.6 Å². The van der Waals surface area contributed by atoms with Gasteiger partial charge in [0.1, 0.15) is 0 Å². The van der Waals surface area contributed by atoms with Crippen LogP contribution in [0.4, 0.5) is 0 Å². The Morgan fingerprint density at radius 1 is 1.03 bits per heavy atom. The van der Waals surface area contributed by atoms with Gasteiger partial charge in [-0.2, -0.15) is 11.8 Å². The lowest BCUT2D eigenvalue weighted by atomic mass is 9.82. The topological polar surface area (TPSA) is 98.7 Å². The molecule has 1 aromatic rings. The van der Waals surface area contributed by atoms with E-state index in [1.54, 1.807) is 5.48 Å². The number of hydroxylamine groups is 1. The zero-order chi connectivity index (χ0) is 24.1. The molecule has 186 valence electrons. The van der Waals surface area contributed by atoms with Crippen molar-refractivity contribution >= 4 is 48.0 Å². The first-order valence-electron chi connectivity index (χ1n) is 10.9. The van der Waals surface area contributed by atoms with Gasteiger partial charge in [0, 0.05) is 6.54 Å². The summed E-state index contributed by atoms with van der Waals surface area (Å²) in [6, 6.07) is 9.64. The summed E-state index contributed by atoms with van der Waals surface area (Å²) in [7, 11) is 0. The van der Waals surface area contributed by atoms with E-state index in [1.165, 1.54) is 16.8 Å². The van der Waals surface area contributed by atoms with Gasteiger partial charge in [0.15, 0.2) is 0 Å². The van der Waals surface area contributed by atoms with Crippen LogP contribution in [0.15, 0.2) is 36.4 Å². The fraction of sp³-hybridized carbons (Fsp3) is 0.542. The summed E-state index contributed by atoms with van der Waals surface area (Å²) < 4.78 is 0. The van der Waals surface area contributed by atoms with Crippen molar-refractivity contribution in [1.29, 1.82) is 0 Å². The van der Waals surface area contributed by atoms with E-state index >= 15 is 0 Å². The summed E-state index contributed by atoms with van der Waals surface area (Å²) in [5.74, 6) is -2.13. The molecule has 3 amide bonds. The standard InChI is InChI=1S/C24H37N3O4S.ClH/c1-17(2)14-21(23(29)25-27(15-18(3)4)22(28)16-32-5)20(24(30)26-31)13-9-12-19-10-7-6-8-11-19;/h6-12,17-18,20-21,31H,13-16H2,1-5H3,(H,25,29)(H,26,30);1H/b12-9+;/t20-,21+;/m0./s1. The quantitative estimate of drug-likeness (QED) is 0.296. The first-order chi connectivity index (χ1) is 15.2. The third kappa shape index (κ3) is 11.6. The van der Waals surface area contributed by atoms with E-state index in [0.29, 0.717) is 13.0 Å². The minimum absolute atomic E-state index is 0. The van der Waals surface area contributed by atoms with Crippen LogP contribution in [0.2, 0.25) is 0 Å². The lowest BCUT2D eigenvalue weighted by Crippen LogP contribution is -2.52. The Kier molecular flexibility index (Phi) is 15.5. The minimum atomic E-state index is -0.779. The summed E-state index contributed by atoms with van der Waals surface area (Å²) in [5, 5.41) is 10.7. The SMILES string of the molecule is CSCC(=O)N(CC(C)C)NC(=O)[C@H](CC(C)C)[C@H](C/C=C/c1ccccc1)C(=O)NO.Cl. The van der Waals surface area contributed by atoms with Crippen molar-refractivity contribution < 1.29 is 19.6 Å². The summed E-state index contributed by atoms with van der Waals surface area (Å²) >= 11 is 1.39. The van der Waals surface area contributed by atoms with Gasteiger partial charge in [0.25, 0.3) is 5.91 Å². The molecule has 0 bridgehead atoms. The Morgan fingerprint density at radius 2 is 1.67 bits per heavy atom. The molecule has 2 atom stereocenters. The number of carbonyl (C=O) groups is 3. The van der Waals surface area contributed by atoms with Gasteiger partial charge in [-0.3, -0.25) is 30.0 Å². The second-order valence-corrected chi connectivity index (χ2v) is 9.54. The van der Waals surface area contributed by atoms with Gasteiger partial charge < -0.3 is 0 Å². The predicted octanol–water partition coefficient (Wildman–Crippen LogP) is 4.17. The monoisotopic (exact) mass is 499 g/mol. The number of carbonyl (C=O) groups excluding carboxylic acids is 3. The number of allylic oxidation sites excluding steroid dienone is 1. The Balaban J connectivity index is 0.0000102. The molecule has 0 aromatic heterocycles. The van der Waals surface area contributed by atoms with E-state index in [2.05, 4.69) is 5.43 Å². The highest BCUT2D eigenvalue weighted by molar-refractivity contribution is 7.99. The highest BCUT2D eigenvalue weighted by Gasteiger charge is 2.34. The molecule has 3 N–H and O–H groups in total. The molecular formula is C24H38ClN3O4S. The number of nitrogens with one attached hydrogen (secondary N) is 2. The fourth-order valence-electron chi connectivity index (χ4n) is 3.41. The molecule has 0 aliphatic rings. The second kappa shape index (κ2) is 16.6. The Labute approximate surface area is 208 Å². The Hall–Kier alpha value is -2.03. The van der Waals surface area contributed by atoms with Gasteiger partial charge in [0.2, 0.25) is 11.8 Å². The minimum Gasteiger partial charge on any atom is -0.289 e. The molecule has 9 heteroatoms. The fourth-order valence-corrected chi connectivity index (χ4v) is 3.81. The number of hydrazine groups is 1. The number of rotatable bonds is 12. The molecule has 7 nitrogen and oxygen atoms in total. The smallest absolute Gasteiger partial charge is 0.250 e. The molecule has 0 unspecified atom stereocenters. The van der Waals surface area contributed by atoms with Crippen molar-refractivity contribution in [3.05, 3.63) is 42.0 Å². The average Bonchev–Trinajstić information content (AvgIpc) is 2.74. The first-order valence-corrected chi connectivity index (χ1v) is 12.3. The van der Waals surface area contributed by atoms with Crippen LogP contribution in [0.5, 0.6) is 0 Å². The van der Waals surface area contributed by atoms with Crippen LogP contribution < -0.4 is 10.9 Å². The van der Waals surface area contributed by atoms with Crippen molar-refractivity contribution in [2.24, 2.45) is 23.7 Å². The summed E-state index contributed by atoms with van der Waals surface area (Å²) in [5.41, 5.74) is 5.44. The highest BCUT2D eigenvalue weighted by atomic mass is 35.5. The van der Waals surface area contributed by atoms with Gasteiger partial charge in [-0.25, -0.2) is 5.48 Å². The molecule has 0 spiro atoms. The zero-order valence-corrected chi connectivity index (χ0v) is 21.7. The van der Waals surface area contributed by atoms with E-state index < -0.39 is 23.7 Å². The maximum absolute atomic E-state index is 13.3. The third-order valence-corrected chi connectivity index (χ3v) is 5.39. The van der Waals surface area contributed by atoms with Crippen LogP contribution in [-0.2, 0) is 14.4 Å². The molecule has 1 aromatic carbocycles. The number of hydrogen-bond donors (Lipinski definition) is 3. The van der Waals surface area contributed by atoms with Crippen molar-refractivity contribution in [2.75, 3.05) is 18.6 Å². The second-order valence-electron chi connectivity index (χ2n) is 8.67.